The summed E-state index contributed by atoms with van der Waals surface area (Å²) in [4.78, 5) is 8.53. The first-order valence-electron chi connectivity index (χ1n) is 33.7. The van der Waals surface area contributed by atoms with E-state index < -0.39 is 0 Å². The van der Waals surface area contributed by atoms with E-state index in [4.69, 9.17) is 28.4 Å². The maximum Gasteiger partial charge on any atom is 3.00 e. The predicted octanol–water partition coefficient (Wildman–Crippen LogP) is 12.3. The van der Waals surface area contributed by atoms with Gasteiger partial charge in [0.05, 0.1) is 0 Å². The van der Waals surface area contributed by atoms with Crippen LogP contribution >= 0.6 is 0 Å². The normalized spacial score (nSPS) is 14.6. The summed E-state index contributed by atoms with van der Waals surface area (Å²) in [5.74, 6) is -0.471. The second-order valence-electron chi connectivity index (χ2n) is 25.0. The monoisotopic (exact) mass is 1630 g/mol. The van der Waals surface area contributed by atoms with Crippen LogP contribution in [0, 0.1) is 218 Å². The molecule has 6 saturated heterocycles. The molecule has 0 amide bonds. The van der Waals surface area contributed by atoms with E-state index >= 15 is 0 Å². The summed E-state index contributed by atoms with van der Waals surface area (Å²) in [6, 6.07) is 14.1. The third kappa shape index (κ3) is 29.9. The molecule has 2 radical (unpaired) electrons. The minimum atomic E-state index is -0.236. The molecule has 14 rings (SSSR count). The predicted molar refractivity (Wildman–Crippen MR) is 376 cm³/mol. The number of nitrogens with zero attached hydrogens (tertiary/aromatic N) is 2. The summed E-state index contributed by atoms with van der Waals surface area (Å²) >= 11 is 0. The van der Waals surface area contributed by atoms with E-state index in [1.165, 1.54) is 188 Å². The molecule has 512 valence electrons. The van der Waals surface area contributed by atoms with Crippen LogP contribution in [0.3, 0.4) is 0 Å². The van der Waals surface area contributed by atoms with Crippen molar-refractivity contribution in [1.82, 2.24) is 9.97 Å². The Labute approximate surface area is 719 Å². The van der Waals surface area contributed by atoms with Crippen LogP contribution in [0.25, 0.3) is 33.2 Å². The van der Waals surface area contributed by atoms with Crippen molar-refractivity contribution in [3.05, 3.63) is 160 Å². The molecule has 14 heteroatoms. The van der Waals surface area contributed by atoms with E-state index in [-0.39, 0.29) is 206 Å². The summed E-state index contributed by atoms with van der Waals surface area (Å²) in [5.41, 5.74) is 30.8. The van der Waals surface area contributed by atoms with Gasteiger partial charge in [0.15, 0.2) is 0 Å². The van der Waals surface area contributed by atoms with Crippen LogP contribution in [0.5, 0.6) is 11.5 Å². The Hall–Kier alpha value is 0.202. The largest absolute Gasteiger partial charge is 3.00 e. The summed E-state index contributed by atoms with van der Waals surface area (Å²) in [6.45, 7) is 56.0. The van der Waals surface area contributed by atoms with E-state index in [1.807, 2.05) is 12.1 Å². The van der Waals surface area contributed by atoms with Crippen LogP contribution in [-0.4, -0.2) is 79.3 Å². The summed E-state index contributed by atoms with van der Waals surface area (Å²) in [5, 5.41) is 25.7. The van der Waals surface area contributed by atoms with Crippen molar-refractivity contribution in [2.75, 3.05) is 79.3 Å². The topological polar surface area (TPSA) is 130 Å². The molecule has 6 fully saturated rings. The number of benzene rings is 2. The Kier molecular flexibility index (Phi) is 51.5. The van der Waals surface area contributed by atoms with E-state index in [0.29, 0.717) is 21.8 Å². The van der Waals surface area contributed by atoms with Gasteiger partial charge in [-0.1, -0.05) is 187 Å². The molecule has 0 atom stereocenters. The van der Waals surface area contributed by atoms with Crippen molar-refractivity contribution in [2.24, 2.45) is 0 Å². The zero-order valence-corrected chi connectivity index (χ0v) is 73.2. The van der Waals surface area contributed by atoms with Gasteiger partial charge in [0.1, 0.15) is 0 Å². The van der Waals surface area contributed by atoms with Gasteiger partial charge in [0.25, 0.3) is 0 Å². The van der Waals surface area contributed by atoms with Gasteiger partial charge in [-0.3, -0.25) is 0 Å². The fourth-order valence-corrected chi connectivity index (χ4v) is 11.1. The van der Waals surface area contributed by atoms with Crippen molar-refractivity contribution in [1.29, 1.82) is 0 Å². The molecule has 8 aromatic rings. The molecule has 0 N–H and O–H groups in total. The first-order valence-corrected chi connectivity index (χ1v) is 33.7. The molecule has 10 nitrogen and oxygen atoms in total. The van der Waals surface area contributed by atoms with Crippen molar-refractivity contribution in [2.45, 2.75) is 216 Å². The van der Waals surface area contributed by atoms with Gasteiger partial charge < -0.3 is 48.6 Å². The van der Waals surface area contributed by atoms with Crippen molar-refractivity contribution >= 4 is 21.8 Å². The Morgan fingerprint density at radius 2 is 0.426 bits per heavy atom. The molecule has 8 heterocycles. The number of fused-ring (bicyclic) bond motifs is 2. The Morgan fingerprint density at radius 3 is 0.532 bits per heavy atom. The van der Waals surface area contributed by atoms with Crippen molar-refractivity contribution < 1.29 is 221 Å². The minimum absolute atomic E-state index is 0. The molecule has 0 bridgehead atoms. The number of hydrogen-bond acceptors (Lipinski definition) is 8. The third-order valence-electron chi connectivity index (χ3n) is 19.6. The quantitative estimate of drug-likeness (QED) is 0.116. The SMILES string of the molecule is C1CCOC1.C1CCOC1.C1CCOC1.C1CCOC1.C1CCOC1.C1CCOC1.Cc1c(C)c(C)[c-](C)c1C.Cc1c(C)c(C)[c-](C)c1C.Cc1c(C)c(C)[c-](C)c1C.Cc1c(C)c(C)[c-](C)c1C.[Gd+3].[Gd+3].[K+].[K+].[O-]c1c(-c2[n-]c3ccccc3c2[O-])[n-]c2ccccc12. The fraction of sp³-hybridized carbons (Fsp3) is 0.550. The van der Waals surface area contributed by atoms with Gasteiger partial charge in [0, 0.05) is 79.3 Å². The maximum absolute atomic E-state index is 12.3. The molecule has 2 aromatic heterocycles. The Balaban J connectivity index is 0.00000105. The summed E-state index contributed by atoms with van der Waals surface area (Å²) < 4.78 is 29.7. The summed E-state index contributed by atoms with van der Waals surface area (Å²) in [7, 11) is 0. The number of hydrogen-bond donors (Lipinski definition) is 0. The average Bonchev–Trinajstić information content (AvgIpc) is 1.65. The van der Waals surface area contributed by atoms with Crippen molar-refractivity contribution in [3.8, 4) is 22.9 Å². The summed E-state index contributed by atoms with van der Waals surface area (Å²) in [6.07, 6.45) is 15.3. The van der Waals surface area contributed by atoms with Crippen LogP contribution in [0.4, 0.5) is 0 Å². The van der Waals surface area contributed by atoms with Gasteiger partial charge in [-0.05, 0) is 87.8 Å². The molecule has 6 aromatic carbocycles. The van der Waals surface area contributed by atoms with Gasteiger partial charge in [-0.2, -0.15) is 123 Å². The first kappa shape index (κ1) is 94.2. The molecular weight excluding hydrogens is 1510 g/mol. The average molecular weight is 1630 g/mol. The fourth-order valence-electron chi connectivity index (χ4n) is 11.1. The van der Waals surface area contributed by atoms with Crippen LogP contribution in [-0.2, 0) is 28.4 Å². The number of ether oxygens (including phenoxy) is 6. The second kappa shape index (κ2) is 51.4. The molecule has 0 saturated carbocycles. The molecule has 0 aliphatic carbocycles. The smallest absolute Gasteiger partial charge is 0.873 e. The van der Waals surface area contributed by atoms with E-state index in [2.05, 4.69) is 148 Å². The van der Waals surface area contributed by atoms with Crippen LogP contribution in [0.1, 0.15) is 188 Å². The van der Waals surface area contributed by atoms with Gasteiger partial charge >= 0.3 is 183 Å². The number of aromatic nitrogens is 2. The zero-order valence-electron chi connectivity index (χ0n) is 62.5. The van der Waals surface area contributed by atoms with E-state index in [9.17, 15) is 10.2 Å². The first-order chi connectivity index (χ1) is 43.0. The minimum Gasteiger partial charge on any atom is -0.873 e. The number of rotatable bonds is 1. The molecule has 0 unspecified atom stereocenters. The van der Waals surface area contributed by atoms with Crippen LogP contribution in [0.2, 0.25) is 0 Å². The van der Waals surface area contributed by atoms with Crippen LogP contribution < -0.4 is 123 Å². The molecule has 94 heavy (non-hydrogen) atoms. The number of para-hydroxylation sites is 2. The van der Waals surface area contributed by atoms with Crippen molar-refractivity contribution in [3.63, 3.8) is 0 Å². The van der Waals surface area contributed by atoms with E-state index in [1.54, 1.807) is 36.4 Å². The van der Waals surface area contributed by atoms with Gasteiger partial charge in [-0.25, -0.2) is 0 Å². The van der Waals surface area contributed by atoms with Gasteiger partial charge in [0.2, 0.25) is 0 Å². The standard InChI is InChI=1S/C16H10N2O2.4C10H15.6C4H8O.2Gd.2K/c19-15-9-5-1-3-7-11(9)17-13(15)14-16(20)10-6-2-4-8-12(10)18-14;4*1-6-7(2)9(4)10(5)8(6)3;6*1-2-4-5-3-1;;;;/h1-8,19-20H;4*1-5H3;6*1-4H2;;;;/q-2;4*-1;;;;;;;2*+3;2*+1/p-2. The zero-order chi connectivity index (χ0) is 66.5. The van der Waals surface area contributed by atoms with Crippen LogP contribution in [0.15, 0.2) is 48.5 Å². The molecule has 6 aliphatic heterocycles. The maximum atomic E-state index is 12.3. The third-order valence-corrected chi connectivity index (χ3v) is 19.6. The molecule has 0 spiro atoms. The second-order valence-corrected chi connectivity index (χ2v) is 25.0. The van der Waals surface area contributed by atoms with Gasteiger partial charge in [-0.15, -0.1) is 22.5 Å². The molecule has 6 aliphatic rings. The Bertz CT molecular complexity index is 2600. The Morgan fingerprint density at radius 1 is 0.277 bits per heavy atom. The molecular formula is C80H116Gd2K2N2O8. The van der Waals surface area contributed by atoms with E-state index in [0.717, 1.165) is 79.3 Å².